The van der Waals surface area contributed by atoms with Crippen LogP contribution in [0.2, 0.25) is 0 Å². The van der Waals surface area contributed by atoms with Gasteiger partial charge in [0.25, 0.3) is 0 Å². The average molecular weight is 154 g/mol. The molecular formula is C8H14N2O. The molecule has 0 aliphatic carbocycles. The van der Waals surface area contributed by atoms with E-state index >= 15 is 0 Å². The van der Waals surface area contributed by atoms with Gasteiger partial charge in [0.2, 0.25) is 5.91 Å². The van der Waals surface area contributed by atoms with Gasteiger partial charge < -0.3 is 10.2 Å². The highest BCUT2D eigenvalue weighted by Gasteiger charge is 2.17. The highest BCUT2D eigenvalue weighted by Crippen LogP contribution is 2.07. The molecule has 0 bridgehead atoms. The lowest BCUT2D eigenvalue weighted by Gasteiger charge is -2.34. The molecule has 1 aliphatic rings. The average Bonchev–Trinajstić information content (AvgIpc) is 1.85. The van der Waals surface area contributed by atoms with E-state index in [-0.39, 0.29) is 12.1 Å². The lowest BCUT2D eigenvalue weighted by Crippen LogP contribution is -2.49. The monoisotopic (exact) mass is 154 g/mol. The van der Waals surface area contributed by atoms with Gasteiger partial charge in [-0.25, -0.2) is 0 Å². The molecule has 3 nitrogen and oxygen atoms in total. The summed E-state index contributed by atoms with van der Waals surface area (Å²) < 4.78 is 0. The molecule has 1 heterocycles. The van der Waals surface area contributed by atoms with Gasteiger partial charge in [0, 0.05) is 18.3 Å². The van der Waals surface area contributed by atoms with Crippen molar-refractivity contribution in [3.05, 3.63) is 12.3 Å². The van der Waals surface area contributed by atoms with E-state index < -0.39 is 0 Å². The number of nitrogens with zero attached hydrogens (tertiary/aromatic N) is 1. The number of carbonyl (C=O) groups is 1. The van der Waals surface area contributed by atoms with Crippen molar-refractivity contribution in [2.75, 3.05) is 0 Å². The van der Waals surface area contributed by atoms with E-state index in [0.29, 0.717) is 6.04 Å². The van der Waals surface area contributed by atoms with E-state index in [1.807, 2.05) is 13.1 Å². The summed E-state index contributed by atoms with van der Waals surface area (Å²) in [6, 6.07) is 0.432. The molecule has 0 aromatic carbocycles. The van der Waals surface area contributed by atoms with Crippen LogP contribution in [0.25, 0.3) is 0 Å². The van der Waals surface area contributed by atoms with E-state index in [4.69, 9.17) is 0 Å². The number of hydrogen-bond acceptors (Lipinski definition) is 2. The third-order valence-electron chi connectivity index (χ3n) is 1.79. The summed E-state index contributed by atoms with van der Waals surface area (Å²) in [4.78, 5) is 12.9. The van der Waals surface area contributed by atoms with Crippen LogP contribution in [0.3, 0.4) is 0 Å². The Morgan fingerprint density at radius 1 is 1.64 bits per heavy atom. The zero-order valence-corrected chi connectivity index (χ0v) is 7.16. The largest absolute Gasteiger partial charge is 0.355 e. The maximum absolute atomic E-state index is 10.8. The van der Waals surface area contributed by atoms with Crippen LogP contribution in [0.1, 0.15) is 20.8 Å². The minimum atomic E-state index is -0.00519. The fourth-order valence-electron chi connectivity index (χ4n) is 1.23. The Hall–Kier alpha value is -0.990. The molecule has 0 saturated heterocycles. The van der Waals surface area contributed by atoms with E-state index in [1.54, 1.807) is 6.08 Å². The van der Waals surface area contributed by atoms with Gasteiger partial charge in [-0.1, -0.05) is 0 Å². The first-order valence-electron chi connectivity index (χ1n) is 3.87. The van der Waals surface area contributed by atoms with Gasteiger partial charge in [-0.15, -0.1) is 0 Å². The normalized spacial score (nSPS) is 24.2. The van der Waals surface area contributed by atoms with Crippen molar-refractivity contribution in [2.24, 2.45) is 0 Å². The molecule has 1 N–H and O–H groups in total. The molecule has 62 valence electrons. The zero-order valence-electron chi connectivity index (χ0n) is 7.16. The van der Waals surface area contributed by atoms with Gasteiger partial charge in [0.05, 0.1) is 6.17 Å². The maximum Gasteiger partial charge on any atom is 0.247 e. The molecule has 11 heavy (non-hydrogen) atoms. The van der Waals surface area contributed by atoms with Crippen molar-refractivity contribution in [2.45, 2.75) is 33.0 Å². The van der Waals surface area contributed by atoms with E-state index in [2.05, 4.69) is 24.1 Å². The summed E-state index contributed by atoms with van der Waals surface area (Å²) in [7, 11) is 0. The molecular weight excluding hydrogens is 140 g/mol. The second-order valence-electron chi connectivity index (χ2n) is 3.04. The number of carbonyl (C=O) groups excluding carboxylic acids is 1. The van der Waals surface area contributed by atoms with Crippen LogP contribution in [0.15, 0.2) is 12.3 Å². The Bertz CT molecular complexity index is 187. The smallest absolute Gasteiger partial charge is 0.247 e. The van der Waals surface area contributed by atoms with Crippen LogP contribution in [0.4, 0.5) is 0 Å². The Morgan fingerprint density at radius 2 is 2.27 bits per heavy atom. The quantitative estimate of drug-likeness (QED) is 0.602. The fourth-order valence-corrected chi connectivity index (χ4v) is 1.23. The van der Waals surface area contributed by atoms with Gasteiger partial charge in [0.1, 0.15) is 0 Å². The van der Waals surface area contributed by atoms with Crippen LogP contribution in [-0.2, 0) is 4.79 Å². The molecule has 1 unspecified atom stereocenters. The molecule has 0 fully saturated rings. The highest BCUT2D eigenvalue weighted by molar-refractivity contribution is 5.88. The predicted octanol–water partition coefficient (Wildman–Crippen LogP) is 0.686. The number of hydrogen-bond donors (Lipinski definition) is 1. The SMILES string of the molecule is CC(C)N1C=CC(=O)NC1C. The van der Waals surface area contributed by atoms with E-state index in [1.165, 1.54) is 0 Å². The summed E-state index contributed by atoms with van der Waals surface area (Å²) >= 11 is 0. The molecule has 1 aliphatic heterocycles. The van der Waals surface area contributed by atoms with Crippen molar-refractivity contribution in [3.63, 3.8) is 0 Å². The Labute approximate surface area is 67.1 Å². The number of amides is 1. The summed E-state index contributed by atoms with van der Waals surface area (Å²) in [5, 5.41) is 2.81. The van der Waals surface area contributed by atoms with Crippen LogP contribution in [0.5, 0.6) is 0 Å². The summed E-state index contributed by atoms with van der Waals surface area (Å²) in [6.07, 6.45) is 3.52. The zero-order chi connectivity index (χ0) is 8.43. The molecule has 3 heteroatoms. The van der Waals surface area contributed by atoms with Crippen molar-refractivity contribution < 1.29 is 4.79 Å². The van der Waals surface area contributed by atoms with Gasteiger partial charge >= 0.3 is 0 Å². The lowest BCUT2D eigenvalue weighted by molar-refractivity contribution is -0.119. The Balaban J connectivity index is 2.68. The predicted molar refractivity (Wildman–Crippen MR) is 43.7 cm³/mol. The molecule has 1 atom stereocenters. The van der Waals surface area contributed by atoms with Gasteiger partial charge in [-0.2, -0.15) is 0 Å². The number of rotatable bonds is 1. The third-order valence-corrected chi connectivity index (χ3v) is 1.79. The summed E-state index contributed by atoms with van der Waals surface area (Å²) in [6.45, 7) is 6.16. The first kappa shape index (κ1) is 8.11. The van der Waals surface area contributed by atoms with Crippen LogP contribution in [-0.4, -0.2) is 23.0 Å². The van der Waals surface area contributed by atoms with Crippen molar-refractivity contribution in [1.29, 1.82) is 0 Å². The van der Waals surface area contributed by atoms with Crippen molar-refractivity contribution in [3.8, 4) is 0 Å². The first-order valence-corrected chi connectivity index (χ1v) is 3.87. The molecule has 0 aromatic rings. The molecule has 0 aromatic heterocycles. The van der Waals surface area contributed by atoms with Crippen molar-refractivity contribution >= 4 is 5.91 Å². The Morgan fingerprint density at radius 3 is 2.73 bits per heavy atom. The van der Waals surface area contributed by atoms with Gasteiger partial charge in [-0.05, 0) is 20.8 Å². The van der Waals surface area contributed by atoms with Crippen molar-refractivity contribution in [1.82, 2.24) is 10.2 Å². The van der Waals surface area contributed by atoms with Crippen LogP contribution >= 0.6 is 0 Å². The minimum absolute atomic E-state index is 0.00519. The van der Waals surface area contributed by atoms with E-state index in [0.717, 1.165) is 0 Å². The fraction of sp³-hybridized carbons (Fsp3) is 0.625. The second kappa shape index (κ2) is 2.95. The minimum Gasteiger partial charge on any atom is -0.355 e. The molecule has 0 saturated carbocycles. The highest BCUT2D eigenvalue weighted by atomic mass is 16.1. The molecule has 1 rings (SSSR count). The number of nitrogens with one attached hydrogen (secondary N) is 1. The van der Waals surface area contributed by atoms with Gasteiger partial charge in [-0.3, -0.25) is 4.79 Å². The van der Waals surface area contributed by atoms with Gasteiger partial charge in [0.15, 0.2) is 0 Å². The van der Waals surface area contributed by atoms with E-state index in [9.17, 15) is 4.79 Å². The third kappa shape index (κ3) is 1.73. The molecule has 1 amide bonds. The lowest BCUT2D eigenvalue weighted by atomic mass is 10.2. The Kier molecular flexibility index (Phi) is 2.17. The first-order chi connectivity index (χ1) is 5.11. The maximum atomic E-state index is 10.8. The standard InChI is InChI=1S/C8H14N2O/c1-6(2)10-5-4-8(11)9-7(10)3/h4-7H,1-3H3,(H,9,11). The van der Waals surface area contributed by atoms with Crippen LogP contribution < -0.4 is 5.32 Å². The molecule has 0 spiro atoms. The summed E-state index contributed by atoms with van der Waals surface area (Å²) in [5.41, 5.74) is 0. The second-order valence-corrected chi connectivity index (χ2v) is 3.04. The topological polar surface area (TPSA) is 32.3 Å². The summed E-state index contributed by atoms with van der Waals surface area (Å²) in [5.74, 6) is -0.00519. The van der Waals surface area contributed by atoms with Crippen LogP contribution in [0, 0.1) is 0 Å². The molecule has 0 radical (unpaired) electrons.